The topological polar surface area (TPSA) is 38.5 Å². The van der Waals surface area contributed by atoms with Gasteiger partial charge in [0.25, 0.3) is 0 Å². The van der Waals surface area contributed by atoms with Crippen LogP contribution in [0.2, 0.25) is 0 Å². The molecule has 0 aliphatic carbocycles. The normalized spacial score (nSPS) is 18.8. The average molecular weight is 392 g/mol. The van der Waals surface area contributed by atoms with Gasteiger partial charge in [-0.15, -0.1) is 0 Å². The summed E-state index contributed by atoms with van der Waals surface area (Å²) >= 11 is 0. The second-order valence-corrected chi connectivity index (χ2v) is 7.49. The van der Waals surface area contributed by atoms with E-state index in [2.05, 4.69) is 11.0 Å². The lowest BCUT2D eigenvalue weighted by Crippen LogP contribution is -2.38. The summed E-state index contributed by atoms with van der Waals surface area (Å²) in [6.07, 6.45) is 3.06. The van der Waals surface area contributed by atoms with Crippen molar-refractivity contribution in [2.45, 2.75) is 37.6 Å². The third kappa shape index (κ3) is 5.06. The third-order valence-corrected chi connectivity index (χ3v) is 5.47. The highest BCUT2D eigenvalue weighted by Crippen LogP contribution is 2.33. The predicted octanol–water partition coefficient (Wildman–Crippen LogP) is 4.25. The van der Waals surface area contributed by atoms with Gasteiger partial charge in [-0.25, -0.2) is 13.2 Å². The van der Waals surface area contributed by atoms with Crippen LogP contribution in [0, 0.1) is 17.5 Å². The summed E-state index contributed by atoms with van der Waals surface area (Å²) in [5.74, 6) is -1.64. The Morgan fingerprint density at radius 1 is 1.14 bits per heavy atom. The Labute approximate surface area is 164 Å². The molecule has 3 rings (SSSR count). The van der Waals surface area contributed by atoms with Gasteiger partial charge in [0.05, 0.1) is 7.11 Å². The zero-order chi connectivity index (χ0) is 20.1. The van der Waals surface area contributed by atoms with Gasteiger partial charge in [-0.1, -0.05) is 18.2 Å². The second-order valence-electron chi connectivity index (χ2n) is 7.49. The summed E-state index contributed by atoms with van der Waals surface area (Å²) in [7, 11) is 1.69. The fourth-order valence-corrected chi connectivity index (χ4v) is 3.97. The molecule has 3 nitrogen and oxygen atoms in total. The SMILES string of the molecule is COc1ccccc1C1CCCN(CC[C@H](N)Cc2cc(F)c(F)cc2F)C1. The molecule has 1 unspecified atom stereocenters. The summed E-state index contributed by atoms with van der Waals surface area (Å²) in [6.45, 7) is 2.71. The lowest BCUT2D eigenvalue weighted by atomic mass is 9.89. The Hall–Kier alpha value is -2.05. The highest BCUT2D eigenvalue weighted by Gasteiger charge is 2.24. The Kier molecular flexibility index (Phi) is 6.97. The number of nitrogens with zero attached hydrogens (tertiary/aromatic N) is 1. The van der Waals surface area contributed by atoms with Crippen LogP contribution in [-0.2, 0) is 6.42 Å². The first-order chi connectivity index (χ1) is 13.5. The van der Waals surface area contributed by atoms with Crippen LogP contribution >= 0.6 is 0 Å². The van der Waals surface area contributed by atoms with Crippen LogP contribution < -0.4 is 10.5 Å². The molecule has 1 saturated heterocycles. The quantitative estimate of drug-likeness (QED) is 0.716. The molecule has 0 bridgehead atoms. The van der Waals surface area contributed by atoms with Crippen LogP contribution in [0.25, 0.3) is 0 Å². The number of benzene rings is 2. The first-order valence-corrected chi connectivity index (χ1v) is 9.72. The second kappa shape index (κ2) is 9.43. The molecule has 0 spiro atoms. The van der Waals surface area contributed by atoms with Crippen molar-refractivity contribution in [3.63, 3.8) is 0 Å². The molecule has 2 aromatic carbocycles. The van der Waals surface area contributed by atoms with Crippen LogP contribution in [0.5, 0.6) is 5.75 Å². The summed E-state index contributed by atoms with van der Waals surface area (Å²) in [4.78, 5) is 2.36. The highest BCUT2D eigenvalue weighted by molar-refractivity contribution is 5.36. The van der Waals surface area contributed by atoms with Gasteiger partial charge < -0.3 is 15.4 Å². The molecule has 28 heavy (non-hydrogen) atoms. The largest absolute Gasteiger partial charge is 0.496 e. The Morgan fingerprint density at radius 3 is 2.68 bits per heavy atom. The third-order valence-electron chi connectivity index (χ3n) is 5.47. The van der Waals surface area contributed by atoms with Crippen molar-refractivity contribution in [3.8, 4) is 5.75 Å². The number of para-hydroxylation sites is 1. The number of halogens is 3. The maximum absolute atomic E-state index is 13.8. The minimum Gasteiger partial charge on any atom is -0.496 e. The molecule has 1 aliphatic rings. The minimum atomic E-state index is -1.18. The average Bonchev–Trinajstić information content (AvgIpc) is 2.70. The monoisotopic (exact) mass is 392 g/mol. The summed E-state index contributed by atoms with van der Waals surface area (Å²) < 4.78 is 45.7. The predicted molar refractivity (Wildman–Crippen MR) is 104 cm³/mol. The van der Waals surface area contributed by atoms with Crippen LogP contribution in [0.3, 0.4) is 0 Å². The van der Waals surface area contributed by atoms with Crippen molar-refractivity contribution in [1.29, 1.82) is 0 Å². The van der Waals surface area contributed by atoms with E-state index in [0.29, 0.717) is 18.4 Å². The lowest BCUT2D eigenvalue weighted by Gasteiger charge is -2.34. The Balaban J connectivity index is 1.55. The van der Waals surface area contributed by atoms with Crippen molar-refractivity contribution in [3.05, 3.63) is 65.0 Å². The molecule has 2 atom stereocenters. The van der Waals surface area contributed by atoms with Gasteiger partial charge in [-0.3, -0.25) is 0 Å². The van der Waals surface area contributed by atoms with Gasteiger partial charge in [-0.2, -0.15) is 0 Å². The molecule has 0 amide bonds. The van der Waals surface area contributed by atoms with Gasteiger partial charge in [-0.05, 0) is 62.0 Å². The van der Waals surface area contributed by atoms with Crippen LogP contribution in [-0.4, -0.2) is 37.7 Å². The first kappa shape index (κ1) is 20.7. The van der Waals surface area contributed by atoms with E-state index >= 15 is 0 Å². The number of piperidine rings is 1. The molecule has 2 N–H and O–H groups in total. The zero-order valence-corrected chi connectivity index (χ0v) is 16.1. The fraction of sp³-hybridized carbons (Fsp3) is 0.455. The molecule has 0 saturated carbocycles. The standard InChI is InChI=1S/C22H27F3N2O/c1-28-22-7-3-2-6-18(22)15-5-4-9-27(14-15)10-8-17(26)11-16-12-20(24)21(25)13-19(16)23/h2-3,6-7,12-13,15,17H,4-5,8-11,14,26H2,1H3/t15?,17-/m0/s1. The smallest absolute Gasteiger partial charge is 0.161 e. The van der Waals surface area contributed by atoms with Crippen molar-refractivity contribution in [2.24, 2.45) is 5.73 Å². The van der Waals surface area contributed by atoms with Crippen LogP contribution in [0.1, 0.15) is 36.3 Å². The van der Waals surface area contributed by atoms with Crippen molar-refractivity contribution in [2.75, 3.05) is 26.7 Å². The maximum Gasteiger partial charge on any atom is 0.161 e. The number of nitrogens with two attached hydrogens (primary N) is 1. The summed E-state index contributed by atoms with van der Waals surface area (Å²) in [5, 5.41) is 0. The van der Waals surface area contributed by atoms with E-state index in [1.165, 1.54) is 5.56 Å². The molecule has 152 valence electrons. The van der Waals surface area contributed by atoms with E-state index in [0.717, 1.165) is 44.3 Å². The van der Waals surface area contributed by atoms with E-state index in [9.17, 15) is 13.2 Å². The maximum atomic E-state index is 13.8. The molecule has 0 radical (unpaired) electrons. The summed E-state index contributed by atoms with van der Waals surface area (Å²) in [6, 6.07) is 9.28. The number of methoxy groups -OCH3 is 1. The van der Waals surface area contributed by atoms with Gasteiger partial charge >= 0.3 is 0 Å². The lowest BCUT2D eigenvalue weighted by molar-refractivity contribution is 0.199. The molecular formula is C22H27F3N2O. The highest BCUT2D eigenvalue weighted by atomic mass is 19.2. The molecule has 1 heterocycles. The van der Waals surface area contributed by atoms with Crippen molar-refractivity contribution >= 4 is 0 Å². The van der Waals surface area contributed by atoms with E-state index in [4.69, 9.17) is 10.5 Å². The van der Waals surface area contributed by atoms with Gasteiger partial charge in [0.1, 0.15) is 11.6 Å². The van der Waals surface area contributed by atoms with Crippen LogP contribution in [0.4, 0.5) is 13.2 Å². The first-order valence-electron chi connectivity index (χ1n) is 9.72. The molecule has 2 aromatic rings. The molecular weight excluding hydrogens is 365 g/mol. The Morgan fingerprint density at radius 2 is 1.89 bits per heavy atom. The zero-order valence-electron chi connectivity index (χ0n) is 16.1. The number of ether oxygens (including phenoxy) is 1. The number of likely N-dealkylation sites (tertiary alicyclic amines) is 1. The van der Waals surface area contributed by atoms with E-state index in [1.54, 1.807) is 7.11 Å². The van der Waals surface area contributed by atoms with Gasteiger partial charge in [0.2, 0.25) is 0 Å². The van der Waals surface area contributed by atoms with Crippen LogP contribution in [0.15, 0.2) is 36.4 Å². The van der Waals surface area contributed by atoms with Gasteiger partial charge in [0.15, 0.2) is 11.6 Å². The van der Waals surface area contributed by atoms with E-state index in [-0.39, 0.29) is 18.0 Å². The van der Waals surface area contributed by atoms with Gasteiger partial charge in [0, 0.05) is 24.6 Å². The minimum absolute atomic E-state index is 0.122. The molecule has 0 aromatic heterocycles. The van der Waals surface area contributed by atoms with Crippen molar-refractivity contribution in [1.82, 2.24) is 4.90 Å². The summed E-state index contributed by atoms with van der Waals surface area (Å²) in [5.41, 5.74) is 7.49. The fourth-order valence-electron chi connectivity index (χ4n) is 3.97. The van der Waals surface area contributed by atoms with E-state index in [1.807, 2.05) is 18.2 Å². The number of hydrogen-bond donors (Lipinski definition) is 1. The molecule has 1 aliphatic heterocycles. The number of rotatable bonds is 7. The molecule has 6 heteroatoms. The number of hydrogen-bond acceptors (Lipinski definition) is 3. The Bertz CT molecular complexity index is 799. The molecule has 1 fully saturated rings. The van der Waals surface area contributed by atoms with E-state index < -0.39 is 17.5 Å². The van der Waals surface area contributed by atoms with Crippen molar-refractivity contribution < 1.29 is 17.9 Å².